The van der Waals surface area contributed by atoms with Crippen molar-refractivity contribution in [2.24, 2.45) is 0 Å². The number of nitrogens with zero attached hydrogens (tertiary/aromatic N) is 1. The van der Waals surface area contributed by atoms with Gasteiger partial charge < -0.3 is 4.74 Å². The second-order valence-corrected chi connectivity index (χ2v) is 7.71. The Bertz CT molecular complexity index is 947. The molecule has 2 aromatic heterocycles. The average molecular weight is 441 g/mol. The van der Waals surface area contributed by atoms with Gasteiger partial charge in [-0.15, -0.1) is 11.3 Å². The van der Waals surface area contributed by atoms with Crippen molar-refractivity contribution in [1.29, 1.82) is 0 Å². The topological polar surface area (TPSA) is 80.3 Å². The molecule has 0 aliphatic carbocycles. The number of pyridine rings is 1. The van der Waals surface area contributed by atoms with Crippen molar-refractivity contribution < 1.29 is 14.3 Å². The standard InChI is InChI=1S/C16H11BrClN3O3S/c17-13-6-5-12(25-13)16(23)21-20-14(22)8-24-11-4-3-10(18)9-2-1-7-19-15(9)11/h1-7H,8H2,(H,20,22)(H,21,23). The number of carbonyl (C=O) groups excluding carboxylic acids is 2. The maximum Gasteiger partial charge on any atom is 0.279 e. The normalized spacial score (nSPS) is 10.5. The van der Waals surface area contributed by atoms with Crippen LogP contribution in [0.1, 0.15) is 9.67 Å². The van der Waals surface area contributed by atoms with Crippen LogP contribution in [0.3, 0.4) is 0 Å². The van der Waals surface area contributed by atoms with E-state index in [0.717, 1.165) is 9.17 Å². The zero-order valence-electron chi connectivity index (χ0n) is 12.6. The summed E-state index contributed by atoms with van der Waals surface area (Å²) in [4.78, 5) is 28.4. The van der Waals surface area contributed by atoms with Gasteiger partial charge in [-0.3, -0.25) is 25.4 Å². The van der Waals surface area contributed by atoms with E-state index in [1.165, 1.54) is 11.3 Å². The number of hydrazine groups is 1. The molecular formula is C16H11BrClN3O3S. The number of carbonyl (C=O) groups is 2. The summed E-state index contributed by atoms with van der Waals surface area (Å²) in [5.74, 6) is -0.464. The number of thiophene rings is 1. The predicted octanol–water partition coefficient (Wildman–Crippen LogP) is 3.55. The fourth-order valence-electron chi connectivity index (χ4n) is 2.03. The number of hydrogen-bond acceptors (Lipinski definition) is 5. The number of aromatic nitrogens is 1. The molecule has 128 valence electrons. The van der Waals surface area contributed by atoms with Crippen LogP contribution >= 0.6 is 38.9 Å². The molecule has 0 aliphatic rings. The summed E-state index contributed by atoms with van der Waals surface area (Å²) in [6.07, 6.45) is 1.62. The van der Waals surface area contributed by atoms with Crippen LogP contribution in [0.5, 0.6) is 5.75 Å². The lowest BCUT2D eigenvalue weighted by Gasteiger charge is -2.10. The largest absolute Gasteiger partial charge is 0.481 e. The Hall–Kier alpha value is -2.16. The SMILES string of the molecule is O=C(COc1ccc(Cl)c2cccnc12)NNC(=O)c1ccc(Br)s1. The summed E-state index contributed by atoms with van der Waals surface area (Å²) in [6, 6.07) is 10.3. The molecule has 9 heteroatoms. The van der Waals surface area contributed by atoms with Crippen molar-refractivity contribution in [2.45, 2.75) is 0 Å². The first-order chi connectivity index (χ1) is 12.0. The lowest BCUT2D eigenvalue weighted by molar-refractivity contribution is -0.123. The molecular weight excluding hydrogens is 430 g/mol. The van der Waals surface area contributed by atoms with E-state index >= 15 is 0 Å². The Morgan fingerprint density at radius 2 is 2.04 bits per heavy atom. The summed E-state index contributed by atoms with van der Waals surface area (Å²) >= 11 is 10.6. The summed E-state index contributed by atoms with van der Waals surface area (Å²) in [5, 5.41) is 1.29. The van der Waals surface area contributed by atoms with Crippen LogP contribution in [0.15, 0.2) is 46.4 Å². The fourth-order valence-corrected chi connectivity index (χ4v) is 3.53. The molecule has 0 fully saturated rings. The third-order valence-corrected chi connectivity index (χ3v) is 5.10. The van der Waals surface area contributed by atoms with Gasteiger partial charge in [0, 0.05) is 11.6 Å². The van der Waals surface area contributed by atoms with Crippen molar-refractivity contribution in [3.8, 4) is 5.75 Å². The van der Waals surface area contributed by atoms with Crippen molar-refractivity contribution in [3.63, 3.8) is 0 Å². The average Bonchev–Trinajstić information content (AvgIpc) is 3.06. The first-order valence-corrected chi connectivity index (χ1v) is 9.04. The van der Waals surface area contributed by atoms with Gasteiger partial charge >= 0.3 is 0 Å². The minimum absolute atomic E-state index is 0.276. The zero-order valence-corrected chi connectivity index (χ0v) is 15.7. The number of amides is 2. The lowest BCUT2D eigenvalue weighted by Crippen LogP contribution is -2.43. The summed E-state index contributed by atoms with van der Waals surface area (Å²) in [5.41, 5.74) is 5.20. The second kappa shape index (κ2) is 7.81. The van der Waals surface area contributed by atoms with E-state index in [9.17, 15) is 9.59 Å². The van der Waals surface area contributed by atoms with Crippen LogP contribution < -0.4 is 15.6 Å². The number of fused-ring (bicyclic) bond motifs is 1. The van der Waals surface area contributed by atoms with Crippen LogP contribution in [0.25, 0.3) is 10.9 Å². The van der Waals surface area contributed by atoms with Crippen LogP contribution in [0.4, 0.5) is 0 Å². The second-order valence-electron chi connectivity index (χ2n) is 4.84. The van der Waals surface area contributed by atoms with Crippen LogP contribution in [-0.2, 0) is 4.79 Å². The van der Waals surface area contributed by atoms with Gasteiger partial charge in [-0.25, -0.2) is 0 Å². The van der Waals surface area contributed by atoms with Gasteiger partial charge in [0.15, 0.2) is 6.61 Å². The van der Waals surface area contributed by atoms with Gasteiger partial charge in [0.1, 0.15) is 11.3 Å². The highest BCUT2D eigenvalue weighted by Gasteiger charge is 2.11. The first-order valence-electron chi connectivity index (χ1n) is 7.05. The summed E-state index contributed by atoms with van der Waals surface area (Å²) < 4.78 is 6.32. The quantitative estimate of drug-likeness (QED) is 0.608. The molecule has 0 unspecified atom stereocenters. The molecule has 3 aromatic rings. The Labute approximate surface area is 160 Å². The number of benzene rings is 1. The Kier molecular flexibility index (Phi) is 5.52. The van der Waals surface area contributed by atoms with E-state index < -0.39 is 11.8 Å². The monoisotopic (exact) mass is 439 g/mol. The first kappa shape index (κ1) is 17.7. The Morgan fingerprint density at radius 3 is 2.80 bits per heavy atom. The van der Waals surface area contributed by atoms with Gasteiger partial charge in [0.25, 0.3) is 11.8 Å². The number of rotatable bonds is 4. The highest BCUT2D eigenvalue weighted by molar-refractivity contribution is 9.11. The smallest absolute Gasteiger partial charge is 0.279 e. The van der Waals surface area contributed by atoms with E-state index in [-0.39, 0.29) is 6.61 Å². The molecule has 0 radical (unpaired) electrons. The van der Waals surface area contributed by atoms with Gasteiger partial charge in [-0.2, -0.15) is 0 Å². The Balaban J connectivity index is 1.58. The van der Waals surface area contributed by atoms with E-state index in [1.54, 1.807) is 36.5 Å². The lowest BCUT2D eigenvalue weighted by atomic mass is 10.2. The van der Waals surface area contributed by atoms with E-state index in [0.29, 0.717) is 21.2 Å². The molecule has 0 spiro atoms. The Morgan fingerprint density at radius 1 is 1.20 bits per heavy atom. The molecule has 0 saturated carbocycles. The van der Waals surface area contributed by atoms with E-state index in [1.807, 2.05) is 6.07 Å². The predicted molar refractivity (Wildman–Crippen MR) is 99.9 cm³/mol. The fraction of sp³-hybridized carbons (Fsp3) is 0.0625. The third-order valence-electron chi connectivity index (χ3n) is 3.15. The van der Waals surface area contributed by atoms with Gasteiger partial charge in [-0.1, -0.05) is 11.6 Å². The molecule has 0 saturated heterocycles. The number of ether oxygens (including phenoxy) is 1. The molecule has 2 amide bonds. The molecule has 0 bridgehead atoms. The van der Waals surface area contributed by atoms with Crippen molar-refractivity contribution in [3.05, 3.63) is 56.3 Å². The number of halogens is 2. The zero-order chi connectivity index (χ0) is 17.8. The molecule has 6 nitrogen and oxygen atoms in total. The molecule has 0 aliphatic heterocycles. The van der Waals surface area contributed by atoms with E-state index in [4.69, 9.17) is 16.3 Å². The van der Waals surface area contributed by atoms with Crippen LogP contribution in [0, 0.1) is 0 Å². The molecule has 0 atom stereocenters. The van der Waals surface area contributed by atoms with Gasteiger partial charge in [-0.05, 0) is 52.3 Å². The van der Waals surface area contributed by atoms with Crippen LogP contribution in [-0.4, -0.2) is 23.4 Å². The number of hydrogen-bond donors (Lipinski definition) is 2. The van der Waals surface area contributed by atoms with Crippen molar-refractivity contribution >= 4 is 61.6 Å². The van der Waals surface area contributed by atoms with Crippen LogP contribution in [0.2, 0.25) is 5.02 Å². The molecule has 2 N–H and O–H groups in total. The molecule has 1 aromatic carbocycles. The summed E-state index contributed by atoms with van der Waals surface area (Å²) in [7, 11) is 0. The maximum atomic E-state index is 11.9. The molecule has 2 heterocycles. The molecule has 3 rings (SSSR count). The van der Waals surface area contributed by atoms with Gasteiger partial charge in [0.2, 0.25) is 0 Å². The third kappa shape index (κ3) is 4.28. The number of nitrogens with one attached hydrogen (secondary N) is 2. The highest BCUT2D eigenvalue weighted by atomic mass is 79.9. The van der Waals surface area contributed by atoms with E-state index in [2.05, 4.69) is 31.8 Å². The molecule has 25 heavy (non-hydrogen) atoms. The van der Waals surface area contributed by atoms with Crippen molar-refractivity contribution in [2.75, 3.05) is 6.61 Å². The maximum absolute atomic E-state index is 11.9. The van der Waals surface area contributed by atoms with Gasteiger partial charge in [0.05, 0.1) is 13.7 Å². The summed E-state index contributed by atoms with van der Waals surface area (Å²) in [6.45, 7) is -0.276. The highest BCUT2D eigenvalue weighted by Crippen LogP contribution is 2.29. The van der Waals surface area contributed by atoms with Crippen molar-refractivity contribution in [1.82, 2.24) is 15.8 Å². The minimum Gasteiger partial charge on any atom is -0.481 e. The minimum atomic E-state index is -0.497.